The molecular formula is C17H34O4Si. The zero-order valence-electron chi connectivity index (χ0n) is 15.3. The highest BCUT2D eigenvalue weighted by Gasteiger charge is 2.36. The van der Waals surface area contributed by atoms with Gasteiger partial charge >= 0.3 is 5.97 Å². The first-order valence-electron chi connectivity index (χ1n) is 8.16. The van der Waals surface area contributed by atoms with Gasteiger partial charge in [0.2, 0.25) is 0 Å². The van der Waals surface area contributed by atoms with E-state index in [1.807, 2.05) is 0 Å². The Morgan fingerprint density at radius 2 is 1.91 bits per heavy atom. The number of aliphatic hydroxyl groups is 1. The molecule has 4 nitrogen and oxygen atoms in total. The zero-order chi connectivity index (χ0) is 17.4. The summed E-state index contributed by atoms with van der Waals surface area (Å²) in [7, 11) is -1.69. The van der Waals surface area contributed by atoms with Gasteiger partial charge in [-0.05, 0) is 49.9 Å². The highest BCUT2D eigenvalue weighted by molar-refractivity contribution is 6.74. The average Bonchev–Trinajstić information content (AvgIpc) is 2.35. The molecule has 0 spiro atoms. The van der Waals surface area contributed by atoms with E-state index in [0.29, 0.717) is 18.9 Å². The van der Waals surface area contributed by atoms with Gasteiger partial charge in [-0.15, -0.1) is 0 Å². The van der Waals surface area contributed by atoms with Gasteiger partial charge in [-0.3, -0.25) is 0 Å². The van der Waals surface area contributed by atoms with Gasteiger partial charge < -0.3 is 14.3 Å². The molecule has 0 heterocycles. The molecule has 0 aromatic rings. The van der Waals surface area contributed by atoms with E-state index in [4.69, 9.17) is 9.16 Å². The van der Waals surface area contributed by atoms with Crippen molar-refractivity contribution in [1.29, 1.82) is 0 Å². The van der Waals surface area contributed by atoms with E-state index >= 15 is 0 Å². The molecule has 0 aliphatic rings. The number of carbonyl (C=O) groups is 1. The van der Waals surface area contributed by atoms with E-state index in [2.05, 4.69) is 40.8 Å². The molecule has 2 atom stereocenters. The first-order valence-corrected chi connectivity index (χ1v) is 11.1. The van der Waals surface area contributed by atoms with Gasteiger partial charge in [0.1, 0.15) is 0 Å². The number of ether oxygens (including phenoxy) is 1. The molecule has 1 N–H and O–H groups in total. The summed E-state index contributed by atoms with van der Waals surface area (Å²) in [6, 6.07) is 0. The number of hydrogen-bond donors (Lipinski definition) is 1. The molecule has 0 saturated heterocycles. The molecule has 0 aromatic carbocycles. The summed E-state index contributed by atoms with van der Waals surface area (Å²) in [6.45, 7) is 16.1. The number of carbonyl (C=O) groups excluding carboxylic acids is 1. The fourth-order valence-electron chi connectivity index (χ4n) is 1.72. The Bertz CT molecular complexity index is 358. The van der Waals surface area contributed by atoms with Crippen LogP contribution in [0.1, 0.15) is 47.5 Å². The van der Waals surface area contributed by atoms with Gasteiger partial charge in [0.15, 0.2) is 8.32 Å². The summed E-state index contributed by atoms with van der Waals surface area (Å²) in [5.74, 6) is -0.0675. The van der Waals surface area contributed by atoms with Crippen LogP contribution in [0.15, 0.2) is 12.2 Å². The van der Waals surface area contributed by atoms with Crippen molar-refractivity contribution in [2.75, 3.05) is 13.2 Å². The lowest BCUT2D eigenvalue weighted by atomic mass is 10.0. The van der Waals surface area contributed by atoms with E-state index in [0.717, 1.165) is 13.0 Å². The van der Waals surface area contributed by atoms with Crippen LogP contribution in [0.5, 0.6) is 0 Å². The van der Waals surface area contributed by atoms with Crippen LogP contribution < -0.4 is 0 Å². The second-order valence-electron chi connectivity index (χ2n) is 7.42. The van der Waals surface area contributed by atoms with Crippen LogP contribution in [0, 0.1) is 5.92 Å². The first kappa shape index (κ1) is 21.3. The Kier molecular flexibility index (Phi) is 9.20. The molecule has 0 unspecified atom stereocenters. The van der Waals surface area contributed by atoms with E-state index in [9.17, 15) is 9.90 Å². The molecule has 0 aliphatic carbocycles. The zero-order valence-corrected chi connectivity index (χ0v) is 16.3. The van der Waals surface area contributed by atoms with Crippen LogP contribution in [0.4, 0.5) is 0 Å². The largest absolute Gasteiger partial charge is 0.463 e. The smallest absolute Gasteiger partial charge is 0.330 e. The second-order valence-corrected chi connectivity index (χ2v) is 12.2. The van der Waals surface area contributed by atoms with Gasteiger partial charge in [-0.2, -0.15) is 0 Å². The monoisotopic (exact) mass is 330 g/mol. The number of esters is 1. The molecule has 130 valence electrons. The normalized spacial score (nSPS) is 15.8. The van der Waals surface area contributed by atoms with E-state index in [-0.39, 0.29) is 5.04 Å². The van der Waals surface area contributed by atoms with Crippen LogP contribution in [0.3, 0.4) is 0 Å². The predicted octanol–water partition coefficient (Wildman–Crippen LogP) is 3.90. The number of aliphatic hydroxyl groups excluding tert-OH is 1. The molecule has 22 heavy (non-hydrogen) atoms. The Hall–Kier alpha value is -0.653. The number of hydrogen-bond acceptors (Lipinski definition) is 4. The molecule has 0 fully saturated rings. The molecule has 0 bridgehead atoms. The Morgan fingerprint density at radius 3 is 2.41 bits per heavy atom. The molecule has 0 amide bonds. The summed E-state index contributed by atoms with van der Waals surface area (Å²) < 4.78 is 10.9. The fraction of sp³-hybridized carbons (Fsp3) is 0.824. The van der Waals surface area contributed by atoms with Gasteiger partial charge in [0.05, 0.1) is 12.7 Å². The highest BCUT2D eigenvalue weighted by atomic mass is 28.4. The molecule has 0 rings (SSSR count). The lowest BCUT2D eigenvalue weighted by Crippen LogP contribution is -2.41. The van der Waals surface area contributed by atoms with E-state index in [1.54, 1.807) is 6.92 Å². The standard InChI is InChI=1S/C17H34O4Si/c1-8-20-16(19)10-9-15(18)13-14(2)11-12-21-22(6,7)17(3,4)5/h9-10,14-15,18H,8,11-13H2,1-7H3/b10-9+/t14-,15-/m1/s1. The minimum Gasteiger partial charge on any atom is -0.463 e. The third-order valence-corrected chi connectivity index (χ3v) is 8.80. The molecule has 0 aliphatic heterocycles. The average molecular weight is 331 g/mol. The first-order chi connectivity index (χ1) is 9.99. The van der Waals surface area contributed by atoms with Crippen molar-refractivity contribution >= 4 is 14.3 Å². The van der Waals surface area contributed by atoms with Crippen molar-refractivity contribution < 1.29 is 19.1 Å². The summed E-state index contributed by atoms with van der Waals surface area (Å²) in [6.07, 6.45) is 3.72. The maximum absolute atomic E-state index is 11.2. The molecule has 0 aromatic heterocycles. The van der Waals surface area contributed by atoms with Crippen molar-refractivity contribution in [2.24, 2.45) is 5.92 Å². The van der Waals surface area contributed by atoms with Crippen molar-refractivity contribution in [1.82, 2.24) is 0 Å². The van der Waals surface area contributed by atoms with Crippen LogP contribution >= 0.6 is 0 Å². The SMILES string of the molecule is CCOC(=O)/C=C/[C@@H](O)C[C@H](C)CCO[Si](C)(C)C(C)(C)C. The lowest BCUT2D eigenvalue weighted by Gasteiger charge is -2.36. The van der Waals surface area contributed by atoms with Crippen molar-refractivity contribution in [3.8, 4) is 0 Å². The third kappa shape index (κ3) is 8.71. The topological polar surface area (TPSA) is 55.8 Å². The predicted molar refractivity (Wildman–Crippen MR) is 93.3 cm³/mol. The Labute approximate surface area is 137 Å². The van der Waals surface area contributed by atoms with Crippen LogP contribution in [-0.2, 0) is 14.0 Å². The molecule has 0 saturated carbocycles. The summed E-state index contributed by atoms with van der Waals surface area (Å²) in [5, 5.41) is 10.1. The summed E-state index contributed by atoms with van der Waals surface area (Å²) in [4.78, 5) is 11.2. The number of rotatable bonds is 9. The lowest BCUT2D eigenvalue weighted by molar-refractivity contribution is -0.137. The van der Waals surface area contributed by atoms with Crippen LogP contribution in [0.25, 0.3) is 0 Å². The summed E-state index contributed by atoms with van der Waals surface area (Å²) >= 11 is 0. The van der Waals surface area contributed by atoms with Crippen LogP contribution in [-0.4, -0.2) is 38.7 Å². The highest BCUT2D eigenvalue weighted by Crippen LogP contribution is 2.36. The third-order valence-electron chi connectivity index (χ3n) is 4.26. The Morgan fingerprint density at radius 1 is 1.32 bits per heavy atom. The van der Waals surface area contributed by atoms with Gasteiger partial charge in [0, 0.05) is 12.7 Å². The van der Waals surface area contributed by atoms with Crippen molar-refractivity contribution in [3.05, 3.63) is 12.2 Å². The summed E-state index contributed by atoms with van der Waals surface area (Å²) in [5.41, 5.74) is 0. The van der Waals surface area contributed by atoms with Gasteiger partial charge in [-0.25, -0.2) is 4.79 Å². The minimum absolute atomic E-state index is 0.220. The quantitative estimate of drug-likeness (QED) is 0.396. The van der Waals surface area contributed by atoms with E-state index < -0.39 is 20.4 Å². The van der Waals surface area contributed by atoms with Gasteiger partial charge in [-0.1, -0.05) is 27.7 Å². The maximum atomic E-state index is 11.2. The molecule has 5 heteroatoms. The molecular weight excluding hydrogens is 296 g/mol. The fourth-order valence-corrected chi connectivity index (χ4v) is 2.78. The Balaban J connectivity index is 4.09. The minimum atomic E-state index is -1.69. The molecule has 0 radical (unpaired) electrons. The van der Waals surface area contributed by atoms with Gasteiger partial charge in [0.25, 0.3) is 0 Å². The van der Waals surface area contributed by atoms with E-state index in [1.165, 1.54) is 12.2 Å². The van der Waals surface area contributed by atoms with Crippen LogP contribution in [0.2, 0.25) is 18.1 Å². The second kappa shape index (κ2) is 9.48. The maximum Gasteiger partial charge on any atom is 0.330 e. The van der Waals surface area contributed by atoms with Crippen molar-refractivity contribution in [2.45, 2.75) is 71.7 Å². The van der Waals surface area contributed by atoms with Crippen molar-refractivity contribution in [3.63, 3.8) is 0 Å².